The Morgan fingerprint density at radius 3 is 2.65 bits per heavy atom. The minimum Gasteiger partial charge on any atom is -0.211 e. The molecule has 1 saturated heterocycles. The molecule has 5 nitrogen and oxygen atoms in total. The van der Waals surface area contributed by atoms with Crippen molar-refractivity contribution in [2.45, 2.75) is 17.4 Å². The monoisotopic (exact) mass is 252 g/mol. The van der Waals surface area contributed by atoms with Crippen molar-refractivity contribution in [1.82, 2.24) is 4.31 Å². The Morgan fingerprint density at radius 1 is 1.29 bits per heavy atom. The Hall–Kier alpha value is -1.49. The number of nitrogens with zero attached hydrogens (tertiary/aromatic N) is 2. The van der Waals surface area contributed by atoms with Crippen molar-refractivity contribution in [1.29, 1.82) is 0 Å². The summed E-state index contributed by atoms with van der Waals surface area (Å²) in [6.07, 6.45) is 2.05. The molecule has 1 fully saturated rings. The van der Waals surface area contributed by atoms with Gasteiger partial charge in [-0.15, -0.1) is 0 Å². The number of benzene rings is 1. The summed E-state index contributed by atoms with van der Waals surface area (Å²) in [5.41, 5.74) is 0. The van der Waals surface area contributed by atoms with E-state index in [4.69, 9.17) is 0 Å². The van der Waals surface area contributed by atoms with Gasteiger partial charge in [-0.25, -0.2) is 18.2 Å². The predicted molar refractivity (Wildman–Crippen MR) is 61.7 cm³/mol. The molecule has 17 heavy (non-hydrogen) atoms. The summed E-state index contributed by atoms with van der Waals surface area (Å²) in [6, 6.07) is 8.00. The Bertz CT molecular complexity index is 535. The molecule has 0 radical (unpaired) electrons. The number of isocyanates is 1. The zero-order valence-electron chi connectivity index (χ0n) is 9.11. The maximum Gasteiger partial charge on any atom is 0.243 e. The van der Waals surface area contributed by atoms with E-state index in [0.717, 1.165) is 0 Å². The van der Waals surface area contributed by atoms with Crippen LogP contribution >= 0.6 is 0 Å². The van der Waals surface area contributed by atoms with Crippen LogP contribution in [0.4, 0.5) is 0 Å². The third-order valence-corrected chi connectivity index (χ3v) is 4.62. The zero-order valence-corrected chi connectivity index (χ0v) is 9.93. The van der Waals surface area contributed by atoms with Crippen LogP contribution in [0.1, 0.15) is 6.42 Å². The van der Waals surface area contributed by atoms with Crippen LogP contribution in [0.15, 0.2) is 40.2 Å². The van der Waals surface area contributed by atoms with E-state index < -0.39 is 10.0 Å². The van der Waals surface area contributed by atoms with E-state index in [9.17, 15) is 13.2 Å². The number of sulfonamides is 1. The zero-order chi connectivity index (χ0) is 12.3. The fourth-order valence-electron chi connectivity index (χ4n) is 1.85. The van der Waals surface area contributed by atoms with E-state index in [1.807, 2.05) is 0 Å². The van der Waals surface area contributed by atoms with Crippen molar-refractivity contribution < 1.29 is 13.2 Å². The summed E-state index contributed by atoms with van der Waals surface area (Å²) < 4.78 is 25.7. The first-order valence-electron chi connectivity index (χ1n) is 5.27. The number of aliphatic imine (C=N–C) groups is 1. The summed E-state index contributed by atoms with van der Waals surface area (Å²) in [7, 11) is -3.45. The van der Waals surface area contributed by atoms with Crippen molar-refractivity contribution in [3.05, 3.63) is 30.3 Å². The van der Waals surface area contributed by atoms with Gasteiger partial charge in [0.25, 0.3) is 0 Å². The average Bonchev–Trinajstić information content (AvgIpc) is 2.80. The van der Waals surface area contributed by atoms with E-state index in [1.165, 1.54) is 10.4 Å². The topological polar surface area (TPSA) is 66.8 Å². The summed E-state index contributed by atoms with van der Waals surface area (Å²) in [6.45, 7) is 0.652. The van der Waals surface area contributed by atoms with Gasteiger partial charge < -0.3 is 0 Å². The molecular formula is C11H12N2O3S. The second-order valence-electron chi connectivity index (χ2n) is 3.84. The van der Waals surface area contributed by atoms with Crippen LogP contribution in [0.2, 0.25) is 0 Å². The molecule has 1 heterocycles. The van der Waals surface area contributed by atoms with Crippen LogP contribution in [0.25, 0.3) is 0 Å². The van der Waals surface area contributed by atoms with Crippen LogP contribution in [0.5, 0.6) is 0 Å². The molecular weight excluding hydrogens is 240 g/mol. The normalized spacial score (nSPS) is 21.1. The molecule has 1 aromatic carbocycles. The Balaban J connectivity index is 2.21. The molecule has 1 aliphatic rings. The largest absolute Gasteiger partial charge is 0.243 e. The van der Waals surface area contributed by atoms with E-state index >= 15 is 0 Å². The lowest BCUT2D eigenvalue weighted by atomic mass is 10.3. The SMILES string of the molecule is O=C=NC1CCN(S(=O)(=O)c2ccccc2)C1. The van der Waals surface area contributed by atoms with Gasteiger partial charge in [0.2, 0.25) is 16.1 Å². The molecule has 0 saturated carbocycles. The van der Waals surface area contributed by atoms with Crippen LogP contribution in [0.3, 0.4) is 0 Å². The smallest absolute Gasteiger partial charge is 0.211 e. The van der Waals surface area contributed by atoms with Crippen LogP contribution < -0.4 is 0 Å². The summed E-state index contributed by atoms with van der Waals surface area (Å²) in [5, 5.41) is 0. The van der Waals surface area contributed by atoms with Gasteiger partial charge >= 0.3 is 0 Å². The molecule has 0 aliphatic carbocycles. The highest BCUT2D eigenvalue weighted by Crippen LogP contribution is 2.21. The van der Waals surface area contributed by atoms with Crippen LogP contribution in [-0.4, -0.2) is 37.9 Å². The van der Waals surface area contributed by atoms with E-state index in [-0.39, 0.29) is 17.5 Å². The third-order valence-electron chi connectivity index (χ3n) is 2.74. The van der Waals surface area contributed by atoms with Crippen molar-refractivity contribution in [3.63, 3.8) is 0 Å². The molecule has 1 aliphatic heterocycles. The molecule has 0 aromatic heterocycles. The van der Waals surface area contributed by atoms with Gasteiger partial charge in [0.15, 0.2) is 0 Å². The molecule has 0 amide bonds. The maximum absolute atomic E-state index is 12.2. The Morgan fingerprint density at radius 2 is 2.00 bits per heavy atom. The second kappa shape index (κ2) is 4.79. The lowest BCUT2D eigenvalue weighted by molar-refractivity contribution is 0.472. The molecule has 1 unspecified atom stereocenters. The van der Waals surface area contributed by atoms with Crippen molar-refractivity contribution in [2.75, 3.05) is 13.1 Å². The summed E-state index contributed by atoms with van der Waals surface area (Å²) in [5.74, 6) is 0. The predicted octanol–water partition coefficient (Wildman–Crippen LogP) is 0.785. The van der Waals surface area contributed by atoms with Crippen molar-refractivity contribution >= 4 is 16.1 Å². The van der Waals surface area contributed by atoms with Crippen molar-refractivity contribution in [2.24, 2.45) is 4.99 Å². The number of hydrogen-bond acceptors (Lipinski definition) is 4. The number of rotatable bonds is 3. The molecule has 1 atom stereocenters. The first-order valence-corrected chi connectivity index (χ1v) is 6.71. The van der Waals surface area contributed by atoms with Gasteiger partial charge in [-0.3, -0.25) is 0 Å². The van der Waals surface area contributed by atoms with Crippen LogP contribution in [-0.2, 0) is 14.8 Å². The molecule has 90 valence electrons. The van der Waals surface area contributed by atoms with E-state index in [1.54, 1.807) is 30.3 Å². The summed E-state index contributed by atoms with van der Waals surface area (Å²) in [4.78, 5) is 14.0. The van der Waals surface area contributed by atoms with E-state index in [2.05, 4.69) is 4.99 Å². The van der Waals surface area contributed by atoms with Gasteiger partial charge in [0.1, 0.15) is 0 Å². The lowest BCUT2D eigenvalue weighted by Gasteiger charge is -2.15. The molecule has 0 bridgehead atoms. The molecule has 0 N–H and O–H groups in total. The van der Waals surface area contributed by atoms with E-state index in [0.29, 0.717) is 13.0 Å². The third kappa shape index (κ3) is 2.44. The van der Waals surface area contributed by atoms with Gasteiger partial charge in [0.05, 0.1) is 10.9 Å². The minimum atomic E-state index is -3.45. The van der Waals surface area contributed by atoms with Gasteiger partial charge in [-0.1, -0.05) is 18.2 Å². The second-order valence-corrected chi connectivity index (χ2v) is 5.78. The van der Waals surface area contributed by atoms with Gasteiger partial charge in [0, 0.05) is 13.1 Å². The fourth-order valence-corrected chi connectivity index (χ4v) is 3.36. The van der Waals surface area contributed by atoms with Crippen molar-refractivity contribution in [3.8, 4) is 0 Å². The van der Waals surface area contributed by atoms with Crippen LogP contribution in [0, 0.1) is 0 Å². The average molecular weight is 252 g/mol. The molecule has 0 spiro atoms. The number of hydrogen-bond donors (Lipinski definition) is 0. The highest BCUT2D eigenvalue weighted by Gasteiger charge is 2.32. The number of carbonyl (C=O) groups excluding carboxylic acids is 1. The standard InChI is InChI=1S/C11H12N2O3S/c14-9-12-10-6-7-13(8-10)17(15,16)11-4-2-1-3-5-11/h1-5,10H,6-8H2. The fraction of sp³-hybridized carbons (Fsp3) is 0.364. The molecule has 1 aromatic rings. The molecule has 2 rings (SSSR count). The quantitative estimate of drug-likeness (QED) is 0.590. The highest BCUT2D eigenvalue weighted by molar-refractivity contribution is 7.89. The van der Waals surface area contributed by atoms with Gasteiger partial charge in [-0.05, 0) is 18.6 Å². The highest BCUT2D eigenvalue weighted by atomic mass is 32.2. The maximum atomic E-state index is 12.2. The first-order chi connectivity index (χ1) is 8.14. The minimum absolute atomic E-state index is 0.256. The Labute approximate surface area is 99.8 Å². The van der Waals surface area contributed by atoms with Gasteiger partial charge in [-0.2, -0.15) is 4.31 Å². The lowest BCUT2D eigenvalue weighted by Crippen LogP contribution is -2.29. The molecule has 6 heteroatoms. The first kappa shape index (κ1) is 12.0. The Kier molecular flexibility index (Phi) is 3.38. The summed E-state index contributed by atoms with van der Waals surface area (Å²) >= 11 is 0.